The smallest absolute Gasteiger partial charge is 0.273 e. The predicted molar refractivity (Wildman–Crippen MR) is 136 cm³/mol. The number of carbonyl (C=O) groups excluding carboxylic acids is 1. The van der Waals surface area contributed by atoms with Crippen LogP contribution in [-0.4, -0.2) is 50.8 Å². The fourth-order valence-corrected chi connectivity index (χ4v) is 5.37. The van der Waals surface area contributed by atoms with Crippen LogP contribution in [-0.2, 0) is 12.2 Å². The fourth-order valence-electron chi connectivity index (χ4n) is 3.62. The average molecular weight is 494 g/mol. The second kappa shape index (κ2) is 11.3. The quantitative estimate of drug-likeness (QED) is 0.286. The number of thioether (sulfide) groups is 1. The lowest BCUT2D eigenvalue weighted by molar-refractivity contribution is 0.0768. The third-order valence-electron chi connectivity index (χ3n) is 5.38. The fraction of sp³-hybridized carbons (Fsp3) is 0.280. The summed E-state index contributed by atoms with van der Waals surface area (Å²) in [7, 11) is 1.66. The molecule has 0 radical (unpaired) electrons. The van der Waals surface area contributed by atoms with E-state index >= 15 is 0 Å². The Morgan fingerprint density at radius 3 is 2.53 bits per heavy atom. The number of ether oxygens (including phenoxy) is 1. The van der Waals surface area contributed by atoms with Crippen molar-refractivity contribution in [2.24, 2.45) is 0 Å². The minimum Gasteiger partial charge on any atom is -0.495 e. The van der Waals surface area contributed by atoms with Crippen molar-refractivity contribution in [2.45, 2.75) is 31.2 Å². The zero-order valence-corrected chi connectivity index (χ0v) is 21.1. The van der Waals surface area contributed by atoms with Crippen LogP contribution in [0.3, 0.4) is 0 Å². The molecule has 2 aromatic heterocycles. The first-order valence-electron chi connectivity index (χ1n) is 11.1. The highest BCUT2D eigenvalue weighted by Crippen LogP contribution is 2.31. The zero-order valence-electron chi connectivity index (χ0n) is 19.5. The average Bonchev–Trinajstić information content (AvgIpc) is 3.51. The number of aromatic nitrogens is 4. The van der Waals surface area contributed by atoms with Crippen LogP contribution >= 0.6 is 23.1 Å². The van der Waals surface area contributed by atoms with Gasteiger partial charge in [-0.3, -0.25) is 9.36 Å². The van der Waals surface area contributed by atoms with Gasteiger partial charge in [0.2, 0.25) is 0 Å². The van der Waals surface area contributed by atoms with Crippen LogP contribution < -0.4 is 4.74 Å². The largest absolute Gasteiger partial charge is 0.495 e. The highest BCUT2D eigenvalue weighted by Gasteiger charge is 2.20. The Bertz CT molecular complexity index is 1240. The molecular weight excluding hydrogens is 466 g/mol. The number of rotatable bonds is 10. The molecule has 2 heterocycles. The number of para-hydroxylation sites is 2. The molecule has 176 valence electrons. The van der Waals surface area contributed by atoms with Gasteiger partial charge in [0.1, 0.15) is 22.3 Å². The molecule has 0 atom stereocenters. The van der Waals surface area contributed by atoms with Crippen LogP contribution in [0.15, 0.2) is 65.1 Å². The van der Waals surface area contributed by atoms with Crippen molar-refractivity contribution in [3.8, 4) is 11.4 Å². The first-order valence-corrected chi connectivity index (χ1v) is 13.0. The summed E-state index contributed by atoms with van der Waals surface area (Å²) >= 11 is 3.04. The Labute approximate surface area is 207 Å². The normalized spacial score (nSPS) is 10.9. The van der Waals surface area contributed by atoms with Gasteiger partial charge in [0.15, 0.2) is 5.16 Å². The maximum Gasteiger partial charge on any atom is 0.273 e. The van der Waals surface area contributed by atoms with E-state index in [2.05, 4.69) is 27.3 Å². The lowest BCUT2D eigenvalue weighted by Gasteiger charge is -2.16. The molecule has 0 bridgehead atoms. The highest BCUT2D eigenvalue weighted by molar-refractivity contribution is 7.98. The van der Waals surface area contributed by atoms with Gasteiger partial charge in [0.05, 0.1) is 18.6 Å². The van der Waals surface area contributed by atoms with Gasteiger partial charge in [0.25, 0.3) is 5.91 Å². The number of carbonyl (C=O) groups is 1. The summed E-state index contributed by atoms with van der Waals surface area (Å²) in [5.41, 5.74) is 2.54. The summed E-state index contributed by atoms with van der Waals surface area (Å²) in [6, 6.07) is 18.1. The number of hydrogen-bond acceptors (Lipinski definition) is 7. The summed E-state index contributed by atoms with van der Waals surface area (Å²) < 4.78 is 7.68. The van der Waals surface area contributed by atoms with Gasteiger partial charge in [-0.2, -0.15) is 0 Å². The molecule has 9 heteroatoms. The van der Waals surface area contributed by atoms with Gasteiger partial charge in [-0.1, -0.05) is 54.2 Å². The van der Waals surface area contributed by atoms with E-state index in [1.54, 1.807) is 23.8 Å². The SMILES string of the molecule is CCN(CC)C(=O)c1csc(CSc2nnc(Cc3ccccc3)n2-c2ccccc2OC)n1. The summed E-state index contributed by atoms with van der Waals surface area (Å²) in [5, 5.41) is 12.5. The Kier molecular flexibility index (Phi) is 7.97. The molecule has 0 fully saturated rings. The maximum absolute atomic E-state index is 12.6. The molecule has 7 nitrogen and oxygen atoms in total. The van der Waals surface area contributed by atoms with Crippen molar-refractivity contribution in [1.82, 2.24) is 24.6 Å². The van der Waals surface area contributed by atoms with Crippen molar-refractivity contribution in [3.63, 3.8) is 0 Å². The molecule has 2 aromatic carbocycles. The second-order valence-electron chi connectivity index (χ2n) is 7.46. The number of hydrogen-bond donors (Lipinski definition) is 0. The number of amides is 1. The minimum atomic E-state index is -0.0279. The minimum absolute atomic E-state index is 0.0279. The van der Waals surface area contributed by atoms with Crippen LogP contribution in [0.2, 0.25) is 0 Å². The molecule has 4 aromatic rings. The molecule has 0 aliphatic carbocycles. The lowest BCUT2D eigenvalue weighted by Crippen LogP contribution is -2.30. The Hall–Kier alpha value is -3.17. The summed E-state index contributed by atoms with van der Waals surface area (Å²) in [4.78, 5) is 19.0. The standard InChI is InChI=1S/C25H27N5O2S2/c1-4-29(5-2)24(31)19-16-33-23(26-19)17-34-25-28-27-22(15-18-11-7-6-8-12-18)30(25)20-13-9-10-14-21(20)32-3/h6-14,16H,4-5,15,17H2,1-3H3. The maximum atomic E-state index is 12.6. The predicted octanol–water partition coefficient (Wildman–Crippen LogP) is 5.10. The Morgan fingerprint density at radius 2 is 1.79 bits per heavy atom. The monoisotopic (exact) mass is 493 g/mol. The molecule has 0 unspecified atom stereocenters. The highest BCUT2D eigenvalue weighted by atomic mass is 32.2. The van der Waals surface area contributed by atoms with Crippen LogP contribution in [0.4, 0.5) is 0 Å². The third-order valence-corrected chi connectivity index (χ3v) is 7.35. The van der Waals surface area contributed by atoms with Crippen molar-refractivity contribution in [1.29, 1.82) is 0 Å². The van der Waals surface area contributed by atoms with E-state index in [0.29, 0.717) is 31.0 Å². The van der Waals surface area contributed by atoms with E-state index in [1.165, 1.54) is 11.3 Å². The van der Waals surface area contributed by atoms with Crippen LogP contribution in [0, 0.1) is 0 Å². The number of nitrogens with zero attached hydrogens (tertiary/aromatic N) is 5. The van der Waals surface area contributed by atoms with E-state index in [0.717, 1.165) is 33.0 Å². The van der Waals surface area contributed by atoms with Crippen molar-refractivity contribution < 1.29 is 9.53 Å². The molecular formula is C25H27N5O2S2. The lowest BCUT2D eigenvalue weighted by atomic mass is 10.1. The van der Waals surface area contributed by atoms with Crippen molar-refractivity contribution >= 4 is 29.0 Å². The summed E-state index contributed by atoms with van der Waals surface area (Å²) in [6.07, 6.45) is 0.645. The van der Waals surface area contributed by atoms with E-state index < -0.39 is 0 Å². The number of benzene rings is 2. The van der Waals surface area contributed by atoms with E-state index in [9.17, 15) is 4.79 Å². The Balaban J connectivity index is 1.60. The number of methoxy groups -OCH3 is 1. The first kappa shape index (κ1) is 24.0. The molecule has 1 amide bonds. The third kappa shape index (κ3) is 5.31. The van der Waals surface area contributed by atoms with Crippen LogP contribution in [0.1, 0.15) is 40.7 Å². The molecule has 0 saturated heterocycles. The second-order valence-corrected chi connectivity index (χ2v) is 9.35. The zero-order chi connectivity index (χ0) is 23.9. The van der Waals surface area contributed by atoms with Gasteiger partial charge in [-0.25, -0.2) is 4.98 Å². The van der Waals surface area contributed by atoms with Crippen LogP contribution in [0.25, 0.3) is 5.69 Å². The molecule has 34 heavy (non-hydrogen) atoms. The van der Waals surface area contributed by atoms with E-state index in [-0.39, 0.29) is 5.91 Å². The van der Waals surface area contributed by atoms with Crippen molar-refractivity contribution in [3.05, 3.63) is 82.1 Å². The summed E-state index contributed by atoms with van der Waals surface area (Å²) in [5.74, 6) is 2.14. The van der Waals surface area contributed by atoms with Gasteiger partial charge in [-0.05, 0) is 31.5 Å². The summed E-state index contributed by atoms with van der Waals surface area (Å²) in [6.45, 7) is 5.29. The molecule has 0 spiro atoms. The molecule has 0 aliphatic heterocycles. The topological polar surface area (TPSA) is 73.1 Å². The molecule has 0 aliphatic rings. The van der Waals surface area contributed by atoms with E-state index in [4.69, 9.17) is 4.74 Å². The molecule has 0 saturated carbocycles. The van der Waals surface area contributed by atoms with Gasteiger partial charge >= 0.3 is 0 Å². The Morgan fingerprint density at radius 1 is 1.06 bits per heavy atom. The van der Waals surface area contributed by atoms with Crippen molar-refractivity contribution in [2.75, 3.05) is 20.2 Å². The van der Waals surface area contributed by atoms with Gasteiger partial charge in [-0.15, -0.1) is 21.5 Å². The van der Waals surface area contributed by atoms with Crippen LogP contribution in [0.5, 0.6) is 5.75 Å². The molecule has 0 N–H and O–H groups in total. The van der Waals surface area contributed by atoms with Gasteiger partial charge in [0, 0.05) is 24.9 Å². The molecule has 4 rings (SSSR count). The number of thiazole rings is 1. The van der Waals surface area contributed by atoms with Gasteiger partial charge < -0.3 is 9.64 Å². The van der Waals surface area contributed by atoms with E-state index in [1.807, 2.05) is 66.3 Å². The first-order chi connectivity index (χ1) is 16.6.